The van der Waals surface area contributed by atoms with Gasteiger partial charge in [0.2, 0.25) is 0 Å². The number of carbonyl (C=O) groups excluding carboxylic acids is 1. The highest BCUT2D eigenvalue weighted by Crippen LogP contribution is 2.07. The zero-order chi connectivity index (χ0) is 15.0. The topological polar surface area (TPSA) is 82.8 Å². The third-order valence-electron chi connectivity index (χ3n) is 2.99. The lowest BCUT2D eigenvalue weighted by molar-refractivity contribution is -0.137. The number of carboxylic acids is 1. The van der Waals surface area contributed by atoms with Crippen LogP contribution in [0.15, 0.2) is 22.8 Å². The Balaban J connectivity index is 2.36. The molecular formula is C14H22N2O4. The first-order chi connectivity index (χ1) is 9.52. The Morgan fingerprint density at radius 2 is 2.25 bits per heavy atom. The number of hydrogen-bond donors (Lipinski definition) is 2. The second kappa shape index (κ2) is 8.24. The van der Waals surface area contributed by atoms with Gasteiger partial charge in [-0.3, -0.25) is 4.79 Å². The van der Waals surface area contributed by atoms with Crippen LogP contribution in [0.4, 0.5) is 4.79 Å². The molecule has 0 radical (unpaired) electrons. The number of carbonyl (C=O) groups is 2. The molecule has 0 saturated heterocycles. The van der Waals surface area contributed by atoms with Crippen LogP contribution in [0.2, 0.25) is 0 Å². The van der Waals surface area contributed by atoms with Crippen LogP contribution in [0.25, 0.3) is 0 Å². The molecular weight excluding hydrogens is 260 g/mol. The Bertz CT molecular complexity index is 417. The average Bonchev–Trinajstić information content (AvgIpc) is 2.88. The van der Waals surface area contributed by atoms with Gasteiger partial charge in [-0.25, -0.2) is 4.79 Å². The average molecular weight is 282 g/mol. The van der Waals surface area contributed by atoms with Crippen LogP contribution in [0.1, 0.15) is 38.9 Å². The number of carboxylic acid groups (broad SMARTS) is 1. The highest BCUT2D eigenvalue weighted by Gasteiger charge is 2.15. The van der Waals surface area contributed by atoms with Gasteiger partial charge < -0.3 is 19.7 Å². The Kier molecular flexibility index (Phi) is 6.63. The zero-order valence-electron chi connectivity index (χ0n) is 12.0. The van der Waals surface area contributed by atoms with Crippen molar-refractivity contribution in [3.05, 3.63) is 24.2 Å². The molecule has 0 fully saturated rings. The molecule has 20 heavy (non-hydrogen) atoms. The first-order valence-electron chi connectivity index (χ1n) is 6.82. The quantitative estimate of drug-likeness (QED) is 0.767. The summed E-state index contributed by atoms with van der Waals surface area (Å²) in [5.41, 5.74) is 0. The minimum atomic E-state index is -0.809. The normalized spacial score (nSPS) is 11.9. The van der Waals surface area contributed by atoms with Gasteiger partial charge in [0.05, 0.1) is 12.8 Å². The van der Waals surface area contributed by atoms with E-state index in [-0.39, 0.29) is 18.5 Å². The molecule has 2 N–H and O–H groups in total. The summed E-state index contributed by atoms with van der Waals surface area (Å²) in [6.45, 7) is 4.78. The maximum absolute atomic E-state index is 12.1. The first kappa shape index (κ1) is 16.1. The molecule has 0 saturated carbocycles. The zero-order valence-corrected chi connectivity index (χ0v) is 12.0. The highest BCUT2D eigenvalue weighted by molar-refractivity contribution is 5.74. The number of urea groups is 1. The van der Waals surface area contributed by atoms with E-state index in [0.29, 0.717) is 25.9 Å². The Morgan fingerprint density at radius 3 is 2.80 bits per heavy atom. The van der Waals surface area contributed by atoms with Gasteiger partial charge in [0, 0.05) is 19.0 Å². The van der Waals surface area contributed by atoms with Crippen molar-refractivity contribution in [1.82, 2.24) is 10.2 Å². The van der Waals surface area contributed by atoms with Gasteiger partial charge in [0.1, 0.15) is 5.76 Å². The fraction of sp³-hybridized carbons (Fsp3) is 0.571. The molecule has 1 rings (SSSR count). The molecule has 1 aromatic heterocycles. The summed E-state index contributed by atoms with van der Waals surface area (Å²) in [5.74, 6) is -0.0722. The molecule has 1 unspecified atom stereocenters. The van der Waals surface area contributed by atoms with E-state index in [1.54, 1.807) is 17.2 Å². The van der Waals surface area contributed by atoms with Crippen molar-refractivity contribution in [2.45, 2.75) is 45.7 Å². The standard InChI is InChI=1S/C14H22N2O4/c1-3-16(10-12-7-5-9-20-12)14(19)15-11(2)6-4-8-13(17)18/h5,7,9,11H,3-4,6,8,10H2,1-2H3,(H,15,19)(H,17,18). The Labute approximate surface area is 118 Å². The molecule has 0 aliphatic carbocycles. The van der Waals surface area contributed by atoms with E-state index in [2.05, 4.69) is 5.32 Å². The van der Waals surface area contributed by atoms with Crippen LogP contribution in [-0.4, -0.2) is 34.6 Å². The van der Waals surface area contributed by atoms with Crippen LogP contribution in [0.5, 0.6) is 0 Å². The smallest absolute Gasteiger partial charge is 0.318 e. The van der Waals surface area contributed by atoms with Crippen molar-refractivity contribution in [2.24, 2.45) is 0 Å². The van der Waals surface area contributed by atoms with Gasteiger partial charge in [0.15, 0.2) is 0 Å². The van der Waals surface area contributed by atoms with Crippen molar-refractivity contribution in [1.29, 1.82) is 0 Å². The molecule has 0 aliphatic rings. The molecule has 1 aromatic rings. The monoisotopic (exact) mass is 282 g/mol. The number of rotatable bonds is 8. The summed E-state index contributed by atoms with van der Waals surface area (Å²) in [5, 5.41) is 11.4. The Morgan fingerprint density at radius 1 is 1.50 bits per heavy atom. The molecule has 2 amide bonds. The fourth-order valence-corrected chi connectivity index (χ4v) is 1.85. The molecule has 1 atom stereocenters. The van der Waals surface area contributed by atoms with E-state index in [1.165, 1.54) is 0 Å². The number of nitrogens with one attached hydrogen (secondary N) is 1. The third-order valence-corrected chi connectivity index (χ3v) is 2.99. The van der Waals surface area contributed by atoms with Crippen molar-refractivity contribution < 1.29 is 19.1 Å². The highest BCUT2D eigenvalue weighted by atomic mass is 16.4. The number of hydrogen-bond acceptors (Lipinski definition) is 3. The number of furan rings is 1. The molecule has 112 valence electrons. The largest absolute Gasteiger partial charge is 0.481 e. The van der Waals surface area contributed by atoms with Crippen LogP contribution in [-0.2, 0) is 11.3 Å². The molecule has 0 bridgehead atoms. The van der Waals surface area contributed by atoms with Gasteiger partial charge in [-0.05, 0) is 38.8 Å². The summed E-state index contributed by atoms with van der Waals surface area (Å²) in [7, 11) is 0. The molecule has 6 nitrogen and oxygen atoms in total. The van der Waals surface area contributed by atoms with Crippen molar-refractivity contribution in [3.63, 3.8) is 0 Å². The van der Waals surface area contributed by atoms with Gasteiger partial charge >= 0.3 is 12.0 Å². The van der Waals surface area contributed by atoms with Gasteiger partial charge in [-0.15, -0.1) is 0 Å². The number of aliphatic carboxylic acids is 1. The fourth-order valence-electron chi connectivity index (χ4n) is 1.85. The minimum Gasteiger partial charge on any atom is -0.481 e. The van der Waals surface area contributed by atoms with Crippen molar-refractivity contribution in [2.75, 3.05) is 6.54 Å². The maximum Gasteiger partial charge on any atom is 0.318 e. The maximum atomic E-state index is 12.1. The van der Waals surface area contributed by atoms with Crippen LogP contribution in [0.3, 0.4) is 0 Å². The van der Waals surface area contributed by atoms with Crippen molar-refractivity contribution in [3.8, 4) is 0 Å². The van der Waals surface area contributed by atoms with E-state index < -0.39 is 5.97 Å². The predicted octanol–water partition coefficient (Wildman–Crippen LogP) is 2.45. The van der Waals surface area contributed by atoms with E-state index in [0.717, 1.165) is 5.76 Å². The summed E-state index contributed by atoms with van der Waals surface area (Å²) in [6, 6.07) is 3.40. The predicted molar refractivity (Wildman–Crippen MR) is 74.3 cm³/mol. The van der Waals surface area contributed by atoms with Crippen LogP contribution >= 0.6 is 0 Å². The number of nitrogens with zero attached hydrogens (tertiary/aromatic N) is 1. The lowest BCUT2D eigenvalue weighted by atomic mass is 10.1. The number of amides is 2. The van der Waals surface area contributed by atoms with Crippen LogP contribution < -0.4 is 5.32 Å². The van der Waals surface area contributed by atoms with Gasteiger partial charge in [0.25, 0.3) is 0 Å². The summed E-state index contributed by atoms with van der Waals surface area (Å²) in [4.78, 5) is 24.1. The molecule has 0 spiro atoms. The molecule has 1 heterocycles. The minimum absolute atomic E-state index is 0.0486. The summed E-state index contributed by atoms with van der Waals surface area (Å²) < 4.78 is 5.23. The van der Waals surface area contributed by atoms with E-state index >= 15 is 0 Å². The first-order valence-corrected chi connectivity index (χ1v) is 6.82. The second-order valence-corrected chi connectivity index (χ2v) is 4.73. The molecule has 0 aliphatic heterocycles. The summed E-state index contributed by atoms with van der Waals surface area (Å²) in [6.07, 6.45) is 2.91. The van der Waals surface area contributed by atoms with Gasteiger partial charge in [-0.1, -0.05) is 0 Å². The Hall–Kier alpha value is -1.98. The van der Waals surface area contributed by atoms with Crippen LogP contribution in [0, 0.1) is 0 Å². The molecule has 0 aromatic carbocycles. The molecule has 6 heteroatoms. The van der Waals surface area contributed by atoms with E-state index in [9.17, 15) is 9.59 Å². The lowest BCUT2D eigenvalue weighted by Crippen LogP contribution is -2.43. The SMILES string of the molecule is CCN(Cc1ccco1)C(=O)NC(C)CCCC(=O)O. The van der Waals surface area contributed by atoms with Crippen molar-refractivity contribution >= 4 is 12.0 Å². The summed E-state index contributed by atoms with van der Waals surface area (Å²) >= 11 is 0. The van der Waals surface area contributed by atoms with E-state index in [4.69, 9.17) is 9.52 Å². The van der Waals surface area contributed by atoms with E-state index in [1.807, 2.05) is 19.9 Å². The second-order valence-electron chi connectivity index (χ2n) is 4.73. The third kappa shape index (κ3) is 5.77. The van der Waals surface area contributed by atoms with Gasteiger partial charge in [-0.2, -0.15) is 0 Å². The lowest BCUT2D eigenvalue weighted by Gasteiger charge is -2.23.